The van der Waals surface area contributed by atoms with Crippen molar-refractivity contribution in [3.63, 3.8) is 0 Å². The van der Waals surface area contributed by atoms with Crippen molar-refractivity contribution >= 4 is 34.0 Å². The maximum absolute atomic E-state index is 12.7. The van der Waals surface area contributed by atoms with Crippen molar-refractivity contribution in [2.75, 3.05) is 5.32 Å². The van der Waals surface area contributed by atoms with Gasteiger partial charge < -0.3 is 0 Å². The number of nitrogens with one attached hydrogen (secondary N) is 1. The van der Waals surface area contributed by atoms with Crippen LogP contribution in [0.5, 0.6) is 0 Å². The van der Waals surface area contributed by atoms with Crippen LogP contribution in [-0.2, 0) is 6.42 Å². The molecule has 3 heterocycles. The van der Waals surface area contributed by atoms with Gasteiger partial charge in [-0.15, -0.1) is 11.3 Å². The Labute approximate surface area is 163 Å². The second kappa shape index (κ2) is 7.65. The van der Waals surface area contributed by atoms with Crippen LogP contribution in [0.2, 0.25) is 5.02 Å². The second-order valence-corrected chi connectivity index (χ2v) is 7.16. The Balaban J connectivity index is 1.50. The number of nitrogens with zero attached hydrogens (tertiary/aromatic N) is 5. The summed E-state index contributed by atoms with van der Waals surface area (Å²) in [5.74, 6) is 0.103. The lowest BCUT2D eigenvalue weighted by atomic mass is 10.1. The van der Waals surface area contributed by atoms with Gasteiger partial charge in [-0.25, -0.2) is 19.6 Å². The minimum Gasteiger partial charge on any atom is -0.298 e. The first-order valence-corrected chi connectivity index (χ1v) is 9.19. The van der Waals surface area contributed by atoms with E-state index in [1.54, 1.807) is 24.5 Å². The maximum atomic E-state index is 12.7. The van der Waals surface area contributed by atoms with Crippen LogP contribution < -0.4 is 5.32 Å². The zero-order valence-corrected chi connectivity index (χ0v) is 15.5. The molecule has 1 amide bonds. The molecule has 0 saturated heterocycles. The summed E-state index contributed by atoms with van der Waals surface area (Å²) in [5.41, 5.74) is 1.51. The normalized spacial score (nSPS) is 10.7. The van der Waals surface area contributed by atoms with E-state index >= 15 is 0 Å². The highest BCUT2D eigenvalue weighted by molar-refractivity contribution is 7.15. The molecule has 4 aromatic rings. The number of carbonyl (C=O) groups excluding carboxylic acids is 1. The van der Waals surface area contributed by atoms with Crippen molar-refractivity contribution in [1.29, 1.82) is 0 Å². The molecule has 0 aliphatic heterocycles. The molecule has 0 atom stereocenters. The van der Waals surface area contributed by atoms with Crippen LogP contribution in [0, 0.1) is 0 Å². The monoisotopic (exact) mass is 396 g/mol. The van der Waals surface area contributed by atoms with E-state index in [-0.39, 0.29) is 5.91 Å². The minimum absolute atomic E-state index is 0.305. The first kappa shape index (κ1) is 17.3. The van der Waals surface area contributed by atoms with Gasteiger partial charge in [-0.1, -0.05) is 23.7 Å². The maximum Gasteiger partial charge on any atom is 0.261 e. The first-order chi connectivity index (χ1) is 13.2. The van der Waals surface area contributed by atoms with Crippen LogP contribution >= 0.6 is 22.9 Å². The molecule has 4 rings (SSSR count). The van der Waals surface area contributed by atoms with Gasteiger partial charge in [-0.05, 0) is 29.8 Å². The number of halogens is 1. The number of benzene rings is 1. The lowest BCUT2D eigenvalue weighted by Crippen LogP contribution is -2.16. The molecule has 0 aliphatic rings. The summed E-state index contributed by atoms with van der Waals surface area (Å²) in [7, 11) is 0. The van der Waals surface area contributed by atoms with Gasteiger partial charge in [-0.3, -0.25) is 10.1 Å². The number of hydrogen-bond donors (Lipinski definition) is 1. The number of pyridine rings is 1. The highest BCUT2D eigenvalue weighted by Crippen LogP contribution is 2.23. The Bertz CT molecular complexity index is 1060. The van der Waals surface area contributed by atoms with Crippen molar-refractivity contribution in [2.24, 2.45) is 0 Å². The zero-order chi connectivity index (χ0) is 18.6. The van der Waals surface area contributed by atoms with Crippen LogP contribution in [0.4, 0.5) is 5.13 Å². The van der Waals surface area contributed by atoms with Crippen molar-refractivity contribution in [3.8, 4) is 5.82 Å². The van der Waals surface area contributed by atoms with Gasteiger partial charge in [0.15, 0.2) is 10.9 Å². The molecule has 0 fully saturated rings. The lowest BCUT2D eigenvalue weighted by Gasteiger charge is -2.06. The SMILES string of the molecule is O=C(Nc1ncc(Cc2ccc(Cl)cc2)s1)c1cccnc1-n1cncn1. The topological polar surface area (TPSA) is 85.6 Å². The van der Waals surface area contributed by atoms with E-state index in [4.69, 9.17) is 11.6 Å². The molecule has 0 spiro atoms. The number of anilines is 1. The molecular formula is C18H13ClN6OS. The van der Waals surface area contributed by atoms with E-state index in [9.17, 15) is 4.79 Å². The number of aromatic nitrogens is 5. The summed E-state index contributed by atoms with van der Waals surface area (Å²) in [6, 6.07) is 11.0. The molecule has 134 valence electrons. The van der Waals surface area contributed by atoms with E-state index in [2.05, 4.69) is 25.4 Å². The quantitative estimate of drug-likeness (QED) is 0.557. The molecule has 9 heteroatoms. The van der Waals surface area contributed by atoms with Crippen LogP contribution in [0.1, 0.15) is 20.8 Å². The van der Waals surface area contributed by atoms with Crippen molar-refractivity contribution in [3.05, 3.63) is 82.5 Å². The Kier molecular flexibility index (Phi) is 4.91. The van der Waals surface area contributed by atoms with Crippen LogP contribution in [0.25, 0.3) is 5.82 Å². The molecule has 0 unspecified atom stereocenters. The van der Waals surface area contributed by atoms with E-state index in [1.807, 2.05) is 24.3 Å². The number of thiazole rings is 1. The third-order valence-corrected chi connectivity index (χ3v) is 4.90. The Hall–Kier alpha value is -3.10. The number of hydrogen-bond acceptors (Lipinski definition) is 6. The second-order valence-electron chi connectivity index (χ2n) is 5.60. The Morgan fingerprint density at radius 1 is 1.19 bits per heavy atom. The molecule has 0 aliphatic carbocycles. The van der Waals surface area contributed by atoms with Crippen molar-refractivity contribution in [2.45, 2.75) is 6.42 Å². The minimum atomic E-state index is -0.305. The van der Waals surface area contributed by atoms with Crippen LogP contribution in [0.15, 0.2) is 61.4 Å². The summed E-state index contributed by atoms with van der Waals surface area (Å²) >= 11 is 7.34. The fourth-order valence-electron chi connectivity index (χ4n) is 2.49. The molecule has 27 heavy (non-hydrogen) atoms. The number of rotatable bonds is 5. The standard InChI is InChI=1S/C18H13ClN6OS/c19-13-5-3-12(4-6-13)8-14-9-22-18(27-14)24-17(26)15-2-1-7-21-16(15)25-11-20-10-23-25/h1-7,9-11H,8H2,(H,22,24,26). The van der Waals surface area contributed by atoms with E-state index in [0.29, 0.717) is 21.5 Å². The number of carbonyl (C=O) groups is 1. The molecular weight excluding hydrogens is 384 g/mol. The van der Waals surface area contributed by atoms with E-state index in [0.717, 1.165) is 16.9 Å². The molecule has 0 saturated carbocycles. The number of amides is 1. The van der Waals surface area contributed by atoms with Crippen LogP contribution in [0.3, 0.4) is 0 Å². The fraction of sp³-hybridized carbons (Fsp3) is 0.0556. The molecule has 1 aromatic carbocycles. The highest BCUT2D eigenvalue weighted by Gasteiger charge is 2.16. The molecule has 0 radical (unpaired) electrons. The zero-order valence-electron chi connectivity index (χ0n) is 13.9. The summed E-state index contributed by atoms with van der Waals surface area (Å²) in [6.45, 7) is 0. The average Bonchev–Trinajstić information content (AvgIpc) is 3.36. The summed E-state index contributed by atoms with van der Waals surface area (Å²) in [5, 5.41) is 8.09. The molecule has 7 nitrogen and oxygen atoms in total. The van der Waals surface area contributed by atoms with Crippen molar-refractivity contribution < 1.29 is 4.79 Å². The predicted octanol–water partition coefficient (Wildman–Crippen LogP) is 3.62. The highest BCUT2D eigenvalue weighted by atomic mass is 35.5. The van der Waals surface area contributed by atoms with Gasteiger partial charge in [0.25, 0.3) is 5.91 Å². The molecule has 1 N–H and O–H groups in total. The van der Waals surface area contributed by atoms with Gasteiger partial charge in [0.05, 0.1) is 5.56 Å². The third-order valence-electron chi connectivity index (χ3n) is 3.73. The van der Waals surface area contributed by atoms with Gasteiger partial charge in [0.2, 0.25) is 0 Å². The lowest BCUT2D eigenvalue weighted by molar-refractivity contribution is 0.102. The largest absolute Gasteiger partial charge is 0.298 e. The summed E-state index contributed by atoms with van der Waals surface area (Å²) in [4.78, 5) is 26.1. The summed E-state index contributed by atoms with van der Waals surface area (Å²) < 4.78 is 1.45. The van der Waals surface area contributed by atoms with Gasteiger partial charge >= 0.3 is 0 Å². The third kappa shape index (κ3) is 4.02. The summed E-state index contributed by atoms with van der Waals surface area (Å²) in [6.07, 6.45) is 6.96. The van der Waals surface area contributed by atoms with Crippen LogP contribution in [-0.4, -0.2) is 30.6 Å². The molecule has 0 bridgehead atoms. The Morgan fingerprint density at radius 2 is 2.04 bits per heavy atom. The smallest absolute Gasteiger partial charge is 0.261 e. The Morgan fingerprint density at radius 3 is 2.81 bits per heavy atom. The van der Waals surface area contributed by atoms with Crippen molar-refractivity contribution in [1.82, 2.24) is 24.7 Å². The average molecular weight is 397 g/mol. The van der Waals surface area contributed by atoms with Gasteiger partial charge in [-0.2, -0.15) is 5.10 Å². The molecule has 3 aromatic heterocycles. The van der Waals surface area contributed by atoms with E-state index < -0.39 is 0 Å². The fourth-order valence-corrected chi connectivity index (χ4v) is 3.46. The van der Waals surface area contributed by atoms with E-state index in [1.165, 1.54) is 28.7 Å². The first-order valence-electron chi connectivity index (χ1n) is 7.99. The van der Waals surface area contributed by atoms with Gasteiger partial charge in [0.1, 0.15) is 12.7 Å². The predicted molar refractivity (Wildman–Crippen MR) is 103 cm³/mol. The van der Waals surface area contributed by atoms with Gasteiger partial charge in [0, 0.05) is 28.7 Å².